The maximum atomic E-state index is 9.41. The quantitative estimate of drug-likeness (QED) is 0.647. The van der Waals surface area contributed by atoms with Gasteiger partial charge in [-0.25, -0.2) is 0 Å². The van der Waals surface area contributed by atoms with Crippen LogP contribution >= 0.6 is 0 Å². The lowest BCUT2D eigenvalue weighted by Gasteiger charge is -2.25. The minimum absolute atomic E-state index is 0.363. The maximum Gasteiger partial charge on any atom is 0.118 e. The van der Waals surface area contributed by atoms with Crippen LogP contribution in [0.2, 0.25) is 0 Å². The minimum Gasteiger partial charge on any atom is -0.508 e. The van der Waals surface area contributed by atoms with E-state index in [4.69, 9.17) is 0 Å². The summed E-state index contributed by atoms with van der Waals surface area (Å²) in [5.41, 5.74) is 2.02. The number of hydrogen-bond donors (Lipinski definition) is 3. The second kappa shape index (κ2) is 4.53. The van der Waals surface area contributed by atoms with E-state index in [0.29, 0.717) is 11.8 Å². The van der Waals surface area contributed by atoms with Gasteiger partial charge in [-0.3, -0.25) is 0 Å². The van der Waals surface area contributed by atoms with E-state index in [1.165, 1.54) is 12.8 Å². The molecule has 0 spiro atoms. The van der Waals surface area contributed by atoms with E-state index in [9.17, 15) is 5.11 Å². The topological polar surface area (TPSA) is 44.3 Å². The van der Waals surface area contributed by atoms with E-state index in [1.54, 1.807) is 6.07 Å². The first kappa shape index (κ1) is 10.3. The van der Waals surface area contributed by atoms with Crippen molar-refractivity contribution in [1.29, 1.82) is 0 Å². The molecule has 3 heteroatoms. The van der Waals surface area contributed by atoms with Crippen LogP contribution in [0.3, 0.4) is 0 Å². The summed E-state index contributed by atoms with van der Waals surface area (Å²) in [5, 5.41) is 16.3. The average Bonchev–Trinajstić information content (AvgIpc) is 2.25. The first-order chi connectivity index (χ1) is 7.25. The number of aromatic hydroxyl groups is 1. The largest absolute Gasteiger partial charge is 0.508 e. The fourth-order valence-corrected chi connectivity index (χ4v) is 1.96. The van der Waals surface area contributed by atoms with Crippen molar-refractivity contribution in [1.82, 2.24) is 5.32 Å². The number of phenols is 1. The third-order valence-corrected chi connectivity index (χ3v) is 2.86. The Labute approximate surface area is 90.5 Å². The van der Waals surface area contributed by atoms with Gasteiger partial charge in [-0.15, -0.1) is 0 Å². The smallest absolute Gasteiger partial charge is 0.118 e. The molecule has 3 N–H and O–H groups in total. The normalized spacial score (nSPS) is 21.3. The summed E-state index contributed by atoms with van der Waals surface area (Å²) in [6.07, 6.45) is 2.45. The molecule has 1 aromatic carbocycles. The highest BCUT2D eigenvalue weighted by molar-refractivity contribution is 5.50. The zero-order valence-corrected chi connectivity index (χ0v) is 9.09. The number of aryl methyl sites for hydroxylation is 1. The molecule has 0 radical (unpaired) electrons. The van der Waals surface area contributed by atoms with Crippen LogP contribution in [-0.2, 0) is 0 Å². The summed E-state index contributed by atoms with van der Waals surface area (Å²) < 4.78 is 0. The molecule has 1 aromatic rings. The molecule has 3 nitrogen and oxygen atoms in total. The monoisotopic (exact) mass is 206 g/mol. The van der Waals surface area contributed by atoms with Crippen LogP contribution in [0.15, 0.2) is 18.2 Å². The number of benzene rings is 1. The molecule has 0 aromatic heterocycles. The number of nitrogens with one attached hydrogen (secondary N) is 2. The molecule has 1 aliphatic rings. The van der Waals surface area contributed by atoms with Gasteiger partial charge in [0.15, 0.2) is 0 Å². The first-order valence-electron chi connectivity index (χ1n) is 5.52. The SMILES string of the molecule is Cc1cc(NC2CCCNC2)ccc1O. The molecule has 0 aliphatic carbocycles. The Morgan fingerprint density at radius 2 is 2.33 bits per heavy atom. The fourth-order valence-electron chi connectivity index (χ4n) is 1.96. The van der Waals surface area contributed by atoms with Crippen molar-refractivity contribution < 1.29 is 5.11 Å². The molecule has 0 amide bonds. The summed E-state index contributed by atoms with van der Waals surface area (Å²) in [5.74, 6) is 0.363. The lowest BCUT2D eigenvalue weighted by molar-refractivity contribution is 0.470. The fraction of sp³-hybridized carbons (Fsp3) is 0.500. The number of hydrogen-bond acceptors (Lipinski definition) is 3. The van der Waals surface area contributed by atoms with Crippen molar-refractivity contribution in [3.63, 3.8) is 0 Å². The molecule has 0 bridgehead atoms. The van der Waals surface area contributed by atoms with Gasteiger partial charge in [0.05, 0.1) is 0 Å². The van der Waals surface area contributed by atoms with Crippen LogP contribution in [0.1, 0.15) is 18.4 Å². The number of phenolic OH excluding ortho intramolecular Hbond substituents is 1. The lowest BCUT2D eigenvalue weighted by Crippen LogP contribution is -2.38. The summed E-state index contributed by atoms with van der Waals surface area (Å²) in [6, 6.07) is 6.18. The van der Waals surface area contributed by atoms with Gasteiger partial charge >= 0.3 is 0 Å². The van der Waals surface area contributed by atoms with Crippen molar-refractivity contribution >= 4 is 5.69 Å². The van der Waals surface area contributed by atoms with Crippen LogP contribution in [0.25, 0.3) is 0 Å². The van der Waals surface area contributed by atoms with E-state index in [2.05, 4.69) is 10.6 Å². The van der Waals surface area contributed by atoms with Gasteiger partial charge in [0.1, 0.15) is 5.75 Å². The molecule has 82 valence electrons. The second-order valence-corrected chi connectivity index (χ2v) is 4.19. The molecule has 2 rings (SSSR count). The predicted molar refractivity (Wildman–Crippen MR) is 62.4 cm³/mol. The van der Waals surface area contributed by atoms with E-state index < -0.39 is 0 Å². The first-order valence-corrected chi connectivity index (χ1v) is 5.52. The maximum absolute atomic E-state index is 9.41. The van der Waals surface area contributed by atoms with Crippen LogP contribution in [0.5, 0.6) is 5.75 Å². The Hall–Kier alpha value is -1.22. The molecule has 15 heavy (non-hydrogen) atoms. The Balaban J connectivity index is 2.00. The molecular formula is C12H18N2O. The van der Waals surface area contributed by atoms with Gasteiger partial charge < -0.3 is 15.7 Å². The van der Waals surface area contributed by atoms with Gasteiger partial charge in [-0.05, 0) is 50.1 Å². The number of piperidine rings is 1. The molecule has 1 unspecified atom stereocenters. The molecule has 1 atom stereocenters. The van der Waals surface area contributed by atoms with Gasteiger partial charge in [0.25, 0.3) is 0 Å². The van der Waals surface area contributed by atoms with Crippen molar-refractivity contribution in [2.24, 2.45) is 0 Å². The van der Waals surface area contributed by atoms with E-state index >= 15 is 0 Å². The highest BCUT2D eigenvalue weighted by atomic mass is 16.3. The predicted octanol–water partition coefficient (Wildman–Crippen LogP) is 1.86. The Bertz CT molecular complexity index is 332. The molecule has 1 heterocycles. The highest BCUT2D eigenvalue weighted by Gasteiger charge is 2.12. The summed E-state index contributed by atoms with van der Waals surface area (Å²) in [7, 11) is 0. The Kier molecular flexibility index (Phi) is 3.11. The molecule has 0 saturated carbocycles. The van der Waals surface area contributed by atoms with E-state index in [-0.39, 0.29) is 0 Å². The van der Waals surface area contributed by atoms with Crippen molar-refractivity contribution in [3.8, 4) is 5.75 Å². The highest BCUT2D eigenvalue weighted by Crippen LogP contribution is 2.21. The molecular weight excluding hydrogens is 188 g/mol. The average molecular weight is 206 g/mol. The van der Waals surface area contributed by atoms with Gasteiger partial charge in [-0.1, -0.05) is 0 Å². The Morgan fingerprint density at radius 1 is 1.47 bits per heavy atom. The second-order valence-electron chi connectivity index (χ2n) is 4.19. The van der Waals surface area contributed by atoms with Crippen molar-refractivity contribution in [2.75, 3.05) is 18.4 Å². The van der Waals surface area contributed by atoms with Gasteiger partial charge in [0.2, 0.25) is 0 Å². The van der Waals surface area contributed by atoms with Gasteiger partial charge in [0, 0.05) is 18.3 Å². The summed E-state index contributed by atoms with van der Waals surface area (Å²) in [6.45, 7) is 4.08. The van der Waals surface area contributed by atoms with E-state index in [1.807, 2.05) is 19.1 Å². The van der Waals surface area contributed by atoms with Crippen LogP contribution in [0.4, 0.5) is 5.69 Å². The van der Waals surface area contributed by atoms with Crippen molar-refractivity contribution in [2.45, 2.75) is 25.8 Å². The third-order valence-electron chi connectivity index (χ3n) is 2.86. The third kappa shape index (κ3) is 2.63. The molecule has 1 saturated heterocycles. The molecule has 1 aliphatic heterocycles. The minimum atomic E-state index is 0.363. The zero-order chi connectivity index (χ0) is 10.7. The zero-order valence-electron chi connectivity index (χ0n) is 9.09. The van der Waals surface area contributed by atoms with Gasteiger partial charge in [-0.2, -0.15) is 0 Å². The van der Waals surface area contributed by atoms with Crippen LogP contribution < -0.4 is 10.6 Å². The van der Waals surface area contributed by atoms with E-state index in [0.717, 1.165) is 24.3 Å². The number of rotatable bonds is 2. The van der Waals surface area contributed by atoms with Crippen molar-refractivity contribution in [3.05, 3.63) is 23.8 Å². The standard InChI is InChI=1S/C12H18N2O/c1-9-7-10(4-5-12(9)15)14-11-3-2-6-13-8-11/h4-5,7,11,13-15H,2-3,6,8H2,1H3. The number of anilines is 1. The summed E-state index contributed by atoms with van der Waals surface area (Å²) in [4.78, 5) is 0. The lowest BCUT2D eigenvalue weighted by atomic mass is 10.1. The molecule has 1 fully saturated rings. The van der Waals surface area contributed by atoms with Crippen LogP contribution in [0, 0.1) is 6.92 Å². The van der Waals surface area contributed by atoms with Crippen LogP contribution in [-0.4, -0.2) is 24.2 Å². The summed E-state index contributed by atoms with van der Waals surface area (Å²) >= 11 is 0. The Morgan fingerprint density at radius 3 is 3.00 bits per heavy atom.